The van der Waals surface area contributed by atoms with Crippen LogP contribution in [0.1, 0.15) is 26.7 Å². The van der Waals surface area contributed by atoms with Gasteiger partial charge in [0, 0.05) is 18.1 Å². The average molecular weight is 455 g/mol. The van der Waals surface area contributed by atoms with Gasteiger partial charge in [0.15, 0.2) is 6.61 Å². The quantitative estimate of drug-likeness (QED) is 0.503. The first kappa shape index (κ1) is 25.4. The van der Waals surface area contributed by atoms with E-state index < -0.39 is 40.5 Å². The molecule has 1 unspecified atom stereocenters. The molecule has 1 N–H and O–H groups in total. The Morgan fingerprint density at radius 1 is 1.20 bits per heavy atom. The Morgan fingerprint density at radius 2 is 1.80 bits per heavy atom. The van der Waals surface area contributed by atoms with Gasteiger partial charge in [0.2, 0.25) is 10.0 Å². The second-order valence-corrected chi connectivity index (χ2v) is 8.76. The van der Waals surface area contributed by atoms with Gasteiger partial charge in [-0.1, -0.05) is 31.5 Å². The SMILES string of the molecule is CC(C)C(NS(=O)(=O)c1cccc(Cl)c1)C(=O)OCC(=O)N(CCC#N)CCC#N. The number of nitrogens with one attached hydrogen (secondary N) is 1. The summed E-state index contributed by atoms with van der Waals surface area (Å²) >= 11 is 5.83. The Kier molecular flexibility index (Phi) is 10.3. The van der Waals surface area contributed by atoms with Gasteiger partial charge in [-0.25, -0.2) is 8.42 Å². The van der Waals surface area contributed by atoms with Crippen LogP contribution in [0, 0.1) is 28.6 Å². The molecule has 0 aliphatic rings. The highest BCUT2D eigenvalue weighted by Gasteiger charge is 2.30. The molecule has 162 valence electrons. The fraction of sp³-hybridized carbons (Fsp3) is 0.474. The number of benzene rings is 1. The van der Waals surface area contributed by atoms with Crippen molar-refractivity contribution in [2.24, 2.45) is 5.92 Å². The summed E-state index contributed by atoms with van der Waals surface area (Å²) in [5, 5.41) is 17.6. The van der Waals surface area contributed by atoms with Crippen molar-refractivity contribution in [3.63, 3.8) is 0 Å². The lowest BCUT2D eigenvalue weighted by atomic mass is 10.1. The zero-order valence-electron chi connectivity index (χ0n) is 16.7. The van der Waals surface area contributed by atoms with Crippen LogP contribution in [0.5, 0.6) is 0 Å². The summed E-state index contributed by atoms with van der Waals surface area (Å²) in [4.78, 5) is 25.9. The first-order chi connectivity index (χ1) is 14.1. The van der Waals surface area contributed by atoms with Gasteiger partial charge in [-0.3, -0.25) is 9.59 Å². The molecule has 0 saturated carbocycles. The van der Waals surface area contributed by atoms with Crippen LogP contribution in [-0.4, -0.2) is 50.9 Å². The predicted octanol–water partition coefficient (Wildman–Crippen LogP) is 1.84. The number of nitriles is 2. The second-order valence-electron chi connectivity index (χ2n) is 6.61. The van der Waals surface area contributed by atoms with E-state index in [4.69, 9.17) is 26.9 Å². The van der Waals surface area contributed by atoms with E-state index >= 15 is 0 Å². The summed E-state index contributed by atoms with van der Waals surface area (Å²) in [6, 6.07) is 8.15. The van der Waals surface area contributed by atoms with Gasteiger partial charge < -0.3 is 9.64 Å². The fourth-order valence-corrected chi connectivity index (χ4v) is 4.00. The molecule has 1 aromatic carbocycles. The third kappa shape index (κ3) is 7.99. The summed E-state index contributed by atoms with van der Waals surface area (Å²) < 4.78 is 32.5. The molecule has 11 heteroatoms. The number of ether oxygens (including phenoxy) is 1. The van der Waals surface area contributed by atoms with Crippen molar-refractivity contribution in [3.05, 3.63) is 29.3 Å². The number of halogens is 1. The van der Waals surface area contributed by atoms with Crippen molar-refractivity contribution in [2.45, 2.75) is 37.6 Å². The van der Waals surface area contributed by atoms with Gasteiger partial charge in [0.25, 0.3) is 5.91 Å². The molecule has 1 rings (SSSR count). The molecule has 0 fully saturated rings. The highest BCUT2D eigenvalue weighted by atomic mass is 35.5. The highest BCUT2D eigenvalue weighted by Crippen LogP contribution is 2.17. The van der Waals surface area contributed by atoms with E-state index in [9.17, 15) is 18.0 Å². The summed E-state index contributed by atoms with van der Waals surface area (Å²) in [5.74, 6) is -1.95. The Labute approximate surface area is 181 Å². The van der Waals surface area contributed by atoms with Crippen LogP contribution in [-0.2, 0) is 24.3 Å². The van der Waals surface area contributed by atoms with Crippen LogP contribution in [0.3, 0.4) is 0 Å². The number of hydrogen-bond donors (Lipinski definition) is 1. The topological polar surface area (TPSA) is 140 Å². The minimum Gasteiger partial charge on any atom is -0.454 e. The maximum atomic E-state index is 12.6. The lowest BCUT2D eigenvalue weighted by molar-refractivity contribution is -0.154. The number of sulfonamides is 1. The first-order valence-electron chi connectivity index (χ1n) is 9.08. The number of carbonyl (C=O) groups is 2. The summed E-state index contributed by atoms with van der Waals surface area (Å²) in [5.41, 5.74) is 0. The molecule has 0 bridgehead atoms. The minimum atomic E-state index is -4.05. The predicted molar refractivity (Wildman–Crippen MR) is 108 cm³/mol. The number of rotatable bonds is 11. The molecule has 0 aliphatic heterocycles. The Bertz CT molecular complexity index is 919. The van der Waals surface area contributed by atoms with Crippen molar-refractivity contribution in [2.75, 3.05) is 19.7 Å². The van der Waals surface area contributed by atoms with Gasteiger partial charge in [0.05, 0.1) is 29.9 Å². The standard InChI is InChI=1S/C19H23ClN4O5S/c1-14(2)18(23-30(27,28)16-7-3-6-15(20)12-16)19(26)29-13-17(25)24(10-4-8-21)11-5-9-22/h3,6-7,12,14,18,23H,4-5,10-11,13H2,1-2H3. The van der Waals surface area contributed by atoms with E-state index in [0.717, 1.165) is 0 Å². The third-order valence-electron chi connectivity index (χ3n) is 3.99. The smallest absolute Gasteiger partial charge is 0.324 e. The molecule has 0 aromatic heterocycles. The van der Waals surface area contributed by atoms with Gasteiger partial charge in [0.1, 0.15) is 6.04 Å². The van der Waals surface area contributed by atoms with Crippen LogP contribution in [0.2, 0.25) is 5.02 Å². The van der Waals surface area contributed by atoms with Crippen molar-refractivity contribution in [1.29, 1.82) is 10.5 Å². The molecule has 30 heavy (non-hydrogen) atoms. The van der Waals surface area contributed by atoms with E-state index in [-0.39, 0.29) is 35.8 Å². The minimum absolute atomic E-state index is 0.0686. The summed E-state index contributed by atoms with van der Waals surface area (Å²) in [7, 11) is -4.05. The monoisotopic (exact) mass is 454 g/mol. The maximum Gasteiger partial charge on any atom is 0.324 e. The van der Waals surface area contributed by atoms with E-state index in [2.05, 4.69) is 4.72 Å². The zero-order chi connectivity index (χ0) is 22.7. The normalized spacial score (nSPS) is 11.9. The number of carbonyl (C=O) groups excluding carboxylic acids is 2. The Balaban J connectivity index is 2.83. The van der Waals surface area contributed by atoms with Crippen LogP contribution in [0.25, 0.3) is 0 Å². The van der Waals surface area contributed by atoms with Crippen LogP contribution < -0.4 is 4.72 Å². The lowest BCUT2D eigenvalue weighted by Gasteiger charge is -2.23. The van der Waals surface area contributed by atoms with Crippen LogP contribution in [0.15, 0.2) is 29.2 Å². The van der Waals surface area contributed by atoms with Crippen molar-refractivity contribution >= 4 is 33.5 Å². The number of esters is 1. The van der Waals surface area contributed by atoms with Crippen molar-refractivity contribution in [3.8, 4) is 12.1 Å². The van der Waals surface area contributed by atoms with Gasteiger partial charge >= 0.3 is 5.97 Å². The third-order valence-corrected chi connectivity index (χ3v) is 5.66. The number of nitrogens with zero attached hydrogens (tertiary/aromatic N) is 3. The van der Waals surface area contributed by atoms with E-state index in [0.29, 0.717) is 0 Å². The molecule has 0 saturated heterocycles. The van der Waals surface area contributed by atoms with Crippen LogP contribution in [0.4, 0.5) is 0 Å². The summed E-state index contributed by atoms with van der Waals surface area (Å²) in [6.45, 7) is 2.83. The molecular weight excluding hydrogens is 432 g/mol. The maximum absolute atomic E-state index is 12.6. The zero-order valence-corrected chi connectivity index (χ0v) is 18.2. The summed E-state index contributed by atoms with van der Waals surface area (Å²) in [6.07, 6.45) is 0.137. The molecule has 0 spiro atoms. The Hall–Kier alpha value is -2.66. The fourth-order valence-electron chi connectivity index (χ4n) is 2.37. The molecule has 0 aliphatic carbocycles. The Morgan fingerprint density at radius 3 is 2.30 bits per heavy atom. The van der Waals surface area contributed by atoms with Crippen LogP contribution >= 0.6 is 11.6 Å². The molecule has 0 radical (unpaired) electrons. The van der Waals surface area contributed by atoms with E-state index in [1.165, 1.54) is 29.2 Å². The van der Waals surface area contributed by atoms with Gasteiger partial charge in [-0.2, -0.15) is 15.2 Å². The molecular formula is C19H23ClN4O5S. The average Bonchev–Trinajstić information content (AvgIpc) is 2.70. The van der Waals surface area contributed by atoms with Crippen molar-refractivity contribution in [1.82, 2.24) is 9.62 Å². The number of hydrogen-bond acceptors (Lipinski definition) is 7. The molecule has 1 amide bonds. The van der Waals surface area contributed by atoms with Gasteiger partial charge in [-0.15, -0.1) is 0 Å². The molecule has 1 atom stereocenters. The lowest BCUT2D eigenvalue weighted by Crippen LogP contribution is -2.46. The van der Waals surface area contributed by atoms with Gasteiger partial charge in [-0.05, 0) is 24.1 Å². The number of amides is 1. The highest BCUT2D eigenvalue weighted by molar-refractivity contribution is 7.89. The second kappa shape index (κ2) is 12.1. The molecule has 0 heterocycles. The van der Waals surface area contributed by atoms with E-state index in [1.54, 1.807) is 13.8 Å². The molecule has 1 aromatic rings. The largest absolute Gasteiger partial charge is 0.454 e. The first-order valence-corrected chi connectivity index (χ1v) is 10.9. The molecule has 9 nitrogen and oxygen atoms in total. The van der Waals surface area contributed by atoms with Crippen molar-refractivity contribution < 1.29 is 22.7 Å². The van der Waals surface area contributed by atoms with E-state index in [1.807, 2.05) is 12.1 Å².